The second-order valence-electron chi connectivity index (χ2n) is 5.10. The van der Waals surface area contributed by atoms with Crippen molar-refractivity contribution in [1.29, 1.82) is 0 Å². The monoisotopic (exact) mass is 396 g/mol. The summed E-state index contributed by atoms with van der Waals surface area (Å²) in [5.41, 5.74) is 1.76. The predicted octanol–water partition coefficient (Wildman–Crippen LogP) is 4.25. The number of carbonyl (C=O) groups is 1. The van der Waals surface area contributed by atoms with E-state index in [1.54, 1.807) is 49.7 Å². The van der Waals surface area contributed by atoms with Crippen LogP contribution in [0.4, 0.5) is 5.69 Å². The van der Waals surface area contributed by atoms with Crippen molar-refractivity contribution in [2.45, 2.75) is 0 Å². The average Bonchev–Trinajstić information content (AvgIpc) is 2.62. The molecule has 1 amide bonds. The average molecular weight is 397 g/mol. The number of benzene rings is 2. The zero-order valence-corrected chi connectivity index (χ0v) is 15.8. The minimum absolute atomic E-state index is 0.291. The van der Waals surface area contributed by atoms with E-state index in [0.717, 1.165) is 5.56 Å². The molecule has 0 heterocycles. The molecule has 0 aliphatic rings. The lowest BCUT2D eigenvalue weighted by molar-refractivity contribution is 0.102. The molecule has 0 saturated heterocycles. The number of rotatable bonds is 8. The molecule has 0 spiro atoms. The number of halogens is 2. The molecule has 2 aromatic carbocycles. The SMILES string of the molecule is COCCOc1c(Cl)cc(NC(=O)c2ccc(/C=N/OC)cc2)cc1Cl. The van der Waals surface area contributed by atoms with Gasteiger partial charge in [-0.2, -0.15) is 0 Å². The number of oxime groups is 1. The highest BCUT2D eigenvalue weighted by molar-refractivity contribution is 6.37. The molecular weight excluding hydrogens is 379 g/mol. The highest BCUT2D eigenvalue weighted by Crippen LogP contribution is 2.36. The molecule has 138 valence electrons. The summed E-state index contributed by atoms with van der Waals surface area (Å²) in [5, 5.41) is 7.02. The molecule has 8 heteroatoms. The molecule has 0 unspecified atom stereocenters. The van der Waals surface area contributed by atoms with Gasteiger partial charge in [-0.3, -0.25) is 4.79 Å². The predicted molar refractivity (Wildman–Crippen MR) is 103 cm³/mol. The Kier molecular flexibility index (Phi) is 7.72. The van der Waals surface area contributed by atoms with Gasteiger partial charge in [0.1, 0.15) is 13.7 Å². The van der Waals surface area contributed by atoms with Gasteiger partial charge in [-0.15, -0.1) is 0 Å². The van der Waals surface area contributed by atoms with Gasteiger partial charge in [0.2, 0.25) is 0 Å². The maximum atomic E-state index is 12.4. The molecule has 1 N–H and O–H groups in total. The van der Waals surface area contributed by atoms with E-state index in [9.17, 15) is 4.79 Å². The lowest BCUT2D eigenvalue weighted by Gasteiger charge is -2.12. The molecule has 0 fully saturated rings. The lowest BCUT2D eigenvalue weighted by Crippen LogP contribution is -2.12. The summed E-state index contributed by atoms with van der Waals surface area (Å²) < 4.78 is 10.4. The van der Waals surface area contributed by atoms with Gasteiger partial charge in [-0.05, 0) is 29.8 Å². The number of nitrogens with zero attached hydrogens (tertiary/aromatic N) is 1. The maximum absolute atomic E-state index is 12.4. The van der Waals surface area contributed by atoms with E-state index in [1.165, 1.54) is 7.11 Å². The van der Waals surface area contributed by atoms with Gasteiger partial charge < -0.3 is 19.6 Å². The minimum atomic E-state index is -0.291. The fourth-order valence-corrected chi connectivity index (χ4v) is 2.63. The van der Waals surface area contributed by atoms with Crippen LogP contribution in [0.25, 0.3) is 0 Å². The van der Waals surface area contributed by atoms with Crippen LogP contribution < -0.4 is 10.1 Å². The molecule has 0 aromatic heterocycles. The van der Waals surface area contributed by atoms with Gasteiger partial charge >= 0.3 is 0 Å². The topological polar surface area (TPSA) is 69.2 Å². The summed E-state index contributed by atoms with van der Waals surface area (Å²) in [6.45, 7) is 0.733. The van der Waals surface area contributed by atoms with Crippen LogP contribution in [0.5, 0.6) is 5.75 Å². The Labute approximate surface area is 161 Å². The number of hydrogen-bond donors (Lipinski definition) is 1. The van der Waals surface area contributed by atoms with Crippen molar-refractivity contribution in [2.24, 2.45) is 5.16 Å². The van der Waals surface area contributed by atoms with Gasteiger partial charge in [-0.25, -0.2) is 0 Å². The zero-order valence-electron chi connectivity index (χ0n) is 14.3. The van der Waals surface area contributed by atoms with Crippen LogP contribution in [-0.2, 0) is 9.57 Å². The Morgan fingerprint density at radius 2 is 1.77 bits per heavy atom. The first-order valence-corrected chi connectivity index (χ1v) is 8.39. The van der Waals surface area contributed by atoms with E-state index < -0.39 is 0 Å². The fourth-order valence-electron chi connectivity index (χ4n) is 2.03. The molecule has 0 aliphatic heterocycles. The molecule has 0 saturated carbocycles. The van der Waals surface area contributed by atoms with Crippen LogP contribution in [-0.4, -0.2) is 39.6 Å². The van der Waals surface area contributed by atoms with Crippen molar-refractivity contribution < 1.29 is 19.1 Å². The summed E-state index contributed by atoms with van der Waals surface area (Å²) in [5.74, 6) is 0.0607. The molecule has 0 bridgehead atoms. The summed E-state index contributed by atoms with van der Waals surface area (Å²) in [7, 11) is 3.03. The van der Waals surface area contributed by atoms with Crippen molar-refractivity contribution in [3.05, 3.63) is 57.6 Å². The Bertz CT molecular complexity index is 756. The van der Waals surface area contributed by atoms with Crippen LogP contribution in [0, 0.1) is 0 Å². The van der Waals surface area contributed by atoms with Gasteiger partial charge in [0, 0.05) is 18.4 Å². The van der Waals surface area contributed by atoms with E-state index in [4.69, 9.17) is 32.7 Å². The smallest absolute Gasteiger partial charge is 0.255 e. The van der Waals surface area contributed by atoms with Gasteiger partial charge in [0.25, 0.3) is 5.91 Å². The van der Waals surface area contributed by atoms with Crippen LogP contribution in [0.3, 0.4) is 0 Å². The molecule has 0 radical (unpaired) electrons. The Hall–Kier alpha value is -2.28. The first kappa shape index (κ1) is 20.0. The molecule has 0 atom stereocenters. The number of amides is 1. The third-order valence-electron chi connectivity index (χ3n) is 3.27. The van der Waals surface area contributed by atoms with Gasteiger partial charge in [0.15, 0.2) is 5.75 Å². The second kappa shape index (κ2) is 10.0. The van der Waals surface area contributed by atoms with Crippen molar-refractivity contribution >= 4 is 41.0 Å². The second-order valence-corrected chi connectivity index (χ2v) is 5.92. The normalized spacial score (nSPS) is 10.8. The quantitative estimate of drug-likeness (QED) is 0.411. The molecule has 0 aliphatic carbocycles. The minimum Gasteiger partial charge on any atom is -0.488 e. The number of ether oxygens (including phenoxy) is 2. The summed E-state index contributed by atoms with van der Waals surface area (Å²) in [6.07, 6.45) is 1.55. The Balaban J connectivity index is 2.07. The zero-order chi connectivity index (χ0) is 18.9. The molecule has 2 rings (SSSR count). The summed E-state index contributed by atoms with van der Waals surface area (Å²) >= 11 is 12.4. The van der Waals surface area contributed by atoms with Gasteiger partial charge in [-0.1, -0.05) is 40.5 Å². The highest BCUT2D eigenvalue weighted by Gasteiger charge is 2.12. The fraction of sp³-hybridized carbons (Fsp3) is 0.222. The lowest BCUT2D eigenvalue weighted by atomic mass is 10.1. The highest BCUT2D eigenvalue weighted by atomic mass is 35.5. The van der Waals surface area contributed by atoms with Crippen LogP contribution in [0.2, 0.25) is 10.0 Å². The first-order valence-electron chi connectivity index (χ1n) is 7.64. The van der Waals surface area contributed by atoms with Crippen LogP contribution >= 0.6 is 23.2 Å². The number of methoxy groups -OCH3 is 1. The Morgan fingerprint density at radius 1 is 1.12 bits per heavy atom. The van der Waals surface area contributed by atoms with E-state index in [-0.39, 0.29) is 5.91 Å². The number of nitrogens with one attached hydrogen (secondary N) is 1. The van der Waals surface area contributed by atoms with E-state index >= 15 is 0 Å². The van der Waals surface area contributed by atoms with E-state index in [0.29, 0.717) is 40.3 Å². The molecular formula is C18H18Cl2N2O4. The van der Waals surface area contributed by atoms with E-state index in [2.05, 4.69) is 15.3 Å². The largest absolute Gasteiger partial charge is 0.488 e. The number of hydrogen-bond acceptors (Lipinski definition) is 5. The third kappa shape index (κ3) is 5.62. The van der Waals surface area contributed by atoms with Gasteiger partial charge in [0.05, 0.1) is 22.9 Å². The number of anilines is 1. The van der Waals surface area contributed by atoms with Crippen LogP contribution in [0.15, 0.2) is 41.6 Å². The van der Waals surface area contributed by atoms with Crippen molar-refractivity contribution in [1.82, 2.24) is 0 Å². The van der Waals surface area contributed by atoms with E-state index in [1.807, 2.05) is 0 Å². The molecule has 6 nitrogen and oxygen atoms in total. The standard InChI is InChI=1S/C18H18Cl2N2O4/c1-24-7-8-26-17-15(19)9-14(10-16(17)20)22-18(23)13-5-3-12(4-6-13)11-21-25-2/h3-6,9-11H,7-8H2,1-2H3,(H,22,23)/b21-11+. The first-order chi connectivity index (χ1) is 12.5. The van der Waals surface area contributed by atoms with Crippen molar-refractivity contribution in [3.63, 3.8) is 0 Å². The Morgan fingerprint density at radius 3 is 2.35 bits per heavy atom. The maximum Gasteiger partial charge on any atom is 0.255 e. The molecule has 26 heavy (non-hydrogen) atoms. The van der Waals surface area contributed by atoms with Crippen molar-refractivity contribution in [3.8, 4) is 5.75 Å². The third-order valence-corrected chi connectivity index (χ3v) is 3.83. The summed E-state index contributed by atoms with van der Waals surface area (Å²) in [4.78, 5) is 17.0. The van der Waals surface area contributed by atoms with Crippen molar-refractivity contribution in [2.75, 3.05) is 32.8 Å². The number of carbonyl (C=O) groups excluding carboxylic acids is 1. The van der Waals surface area contributed by atoms with Crippen LogP contribution in [0.1, 0.15) is 15.9 Å². The summed E-state index contributed by atoms with van der Waals surface area (Å²) in [6, 6.07) is 10.0. The molecule has 2 aromatic rings.